The number of hydrogen-bond acceptors (Lipinski definition) is 4. The highest BCUT2D eigenvalue weighted by atomic mass is 16.3. The largest absolute Gasteiger partial charge is 0.507 e. The first-order chi connectivity index (χ1) is 12.4. The Labute approximate surface area is 152 Å². The average molecular weight is 350 g/mol. The van der Waals surface area contributed by atoms with Gasteiger partial charge in [-0.3, -0.25) is 9.78 Å². The van der Waals surface area contributed by atoms with E-state index in [1.54, 1.807) is 24.3 Å². The number of aromatic hydroxyl groups is 1. The maximum absolute atomic E-state index is 12.9. The Morgan fingerprint density at radius 3 is 2.73 bits per heavy atom. The van der Waals surface area contributed by atoms with Crippen LogP contribution in [0.1, 0.15) is 21.6 Å². The molecular formula is C20H22N4O2. The van der Waals surface area contributed by atoms with E-state index in [0.29, 0.717) is 18.7 Å². The minimum Gasteiger partial charge on any atom is -0.507 e. The summed E-state index contributed by atoms with van der Waals surface area (Å²) in [5.74, 6) is 0.238. The third-order valence-electron chi connectivity index (χ3n) is 5.08. The van der Waals surface area contributed by atoms with Crippen LogP contribution in [0.3, 0.4) is 0 Å². The van der Waals surface area contributed by atoms with Crippen molar-refractivity contribution in [2.75, 3.05) is 21.1 Å². The van der Waals surface area contributed by atoms with Crippen molar-refractivity contribution in [2.24, 2.45) is 7.05 Å². The van der Waals surface area contributed by atoms with E-state index in [1.165, 1.54) is 0 Å². The van der Waals surface area contributed by atoms with Gasteiger partial charge in [0.15, 0.2) is 0 Å². The van der Waals surface area contributed by atoms with Crippen LogP contribution in [0.4, 0.5) is 0 Å². The Balaban J connectivity index is 2.10. The molecule has 26 heavy (non-hydrogen) atoms. The number of aryl methyl sites for hydroxylation is 1. The van der Waals surface area contributed by atoms with E-state index in [9.17, 15) is 9.90 Å². The number of pyridine rings is 1. The molecule has 0 radical (unpaired) electrons. The summed E-state index contributed by atoms with van der Waals surface area (Å²) in [6, 6.07) is 5.75. The maximum atomic E-state index is 12.9. The Hall–Kier alpha value is -2.86. The Kier molecular flexibility index (Phi) is 3.73. The Bertz CT molecular complexity index is 1020. The number of phenols is 1. The van der Waals surface area contributed by atoms with Gasteiger partial charge in [-0.25, -0.2) is 0 Å². The van der Waals surface area contributed by atoms with Gasteiger partial charge in [-0.05, 0) is 26.2 Å². The number of carbonyl (C=O) groups excluding carboxylic acids is 1. The summed E-state index contributed by atoms with van der Waals surface area (Å²) in [5, 5.41) is 11.9. The fraction of sp³-hybridized carbons (Fsp3) is 0.300. The van der Waals surface area contributed by atoms with E-state index >= 15 is 0 Å². The van der Waals surface area contributed by atoms with Crippen LogP contribution in [0, 0.1) is 0 Å². The van der Waals surface area contributed by atoms with Crippen molar-refractivity contribution < 1.29 is 9.90 Å². The number of aromatic nitrogens is 2. The lowest BCUT2D eigenvalue weighted by Crippen LogP contribution is -2.31. The molecule has 0 aliphatic carbocycles. The van der Waals surface area contributed by atoms with E-state index < -0.39 is 0 Å². The molecular weight excluding hydrogens is 328 g/mol. The van der Waals surface area contributed by atoms with Crippen LogP contribution in [-0.2, 0) is 20.1 Å². The molecule has 0 bridgehead atoms. The van der Waals surface area contributed by atoms with Gasteiger partial charge in [0.2, 0.25) is 0 Å². The minimum atomic E-state index is 0.00785. The van der Waals surface area contributed by atoms with Gasteiger partial charge in [-0.2, -0.15) is 0 Å². The quantitative estimate of drug-likeness (QED) is 0.789. The molecule has 0 unspecified atom stereocenters. The molecule has 4 rings (SSSR count). The molecule has 0 spiro atoms. The van der Waals surface area contributed by atoms with Gasteiger partial charge in [0.25, 0.3) is 5.91 Å². The molecule has 3 aromatic rings. The predicted octanol–water partition coefficient (Wildman–Crippen LogP) is 2.59. The van der Waals surface area contributed by atoms with Gasteiger partial charge in [0.05, 0.1) is 11.1 Å². The summed E-state index contributed by atoms with van der Waals surface area (Å²) in [7, 11) is 7.73. The lowest BCUT2D eigenvalue weighted by atomic mass is 9.94. The molecule has 2 aromatic heterocycles. The first-order valence-corrected chi connectivity index (χ1v) is 8.56. The number of amides is 1. The highest BCUT2D eigenvalue weighted by Crippen LogP contribution is 2.43. The van der Waals surface area contributed by atoms with Crippen LogP contribution in [0.2, 0.25) is 0 Å². The van der Waals surface area contributed by atoms with Crippen LogP contribution in [0.25, 0.3) is 22.0 Å². The number of benzene rings is 1. The zero-order valence-electron chi connectivity index (χ0n) is 15.4. The fourth-order valence-electron chi connectivity index (χ4n) is 3.82. The van der Waals surface area contributed by atoms with Gasteiger partial charge in [-0.1, -0.05) is 6.07 Å². The van der Waals surface area contributed by atoms with Crippen LogP contribution in [0.5, 0.6) is 5.75 Å². The summed E-state index contributed by atoms with van der Waals surface area (Å²) >= 11 is 0. The smallest absolute Gasteiger partial charge is 0.256 e. The van der Waals surface area contributed by atoms with Crippen molar-refractivity contribution in [3.8, 4) is 16.9 Å². The second-order valence-corrected chi connectivity index (χ2v) is 7.17. The van der Waals surface area contributed by atoms with E-state index in [2.05, 4.69) is 9.55 Å². The van der Waals surface area contributed by atoms with Crippen molar-refractivity contribution in [1.82, 2.24) is 19.4 Å². The molecule has 0 fully saturated rings. The SMILES string of the molecule is CN(C)Cc1c2c3c(c(O)c(-c4cccnc4)cc3n1C)CN(C)C2=O. The Morgan fingerprint density at radius 2 is 2.08 bits per heavy atom. The van der Waals surface area contributed by atoms with Gasteiger partial charge in [0, 0.05) is 67.3 Å². The Morgan fingerprint density at radius 1 is 1.31 bits per heavy atom. The molecule has 0 saturated carbocycles. The van der Waals surface area contributed by atoms with Crippen LogP contribution in [0.15, 0.2) is 30.6 Å². The van der Waals surface area contributed by atoms with Crippen molar-refractivity contribution in [3.05, 3.63) is 47.4 Å². The van der Waals surface area contributed by atoms with Crippen LogP contribution >= 0.6 is 0 Å². The minimum absolute atomic E-state index is 0.00785. The number of hydrogen-bond donors (Lipinski definition) is 1. The first-order valence-electron chi connectivity index (χ1n) is 8.56. The number of phenolic OH excluding ortho intramolecular Hbond substituents is 1. The molecule has 0 atom stereocenters. The molecule has 1 N–H and O–H groups in total. The molecule has 1 aliphatic heterocycles. The molecule has 6 heteroatoms. The average Bonchev–Trinajstić information content (AvgIpc) is 2.88. The molecule has 0 saturated heterocycles. The highest BCUT2D eigenvalue weighted by molar-refractivity contribution is 6.13. The van der Waals surface area contributed by atoms with Crippen molar-refractivity contribution >= 4 is 16.8 Å². The van der Waals surface area contributed by atoms with Gasteiger partial charge < -0.3 is 19.5 Å². The summed E-state index contributed by atoms with van der Waals surface area (Å²) in [4.78, 5) is 20.8. The molecule has 1 aromatic carbocycles. The predicted molar refractivity (Wildman–Crippen MR) is 101 cm³/mol. The summed E-state index contributed by atoms with van der Waals surface area (Å²) in [6.07, 6.45) is 3.46. The van der Waals surface area contributed by atoms with E-state index in [0.717, 1.165) is 33.3 Å². The third-order valence-corrected chi connectivity index (χ3v) is 5.08. The van der Waals surface area contributed by atoms with Gasteiger partial charge >= 0.3 is 0 Å². The molecule has 1 amide bonds. The van der Waals surface area contributed by atoms with E-state index in [1.807, 2.05) is 44.2 Å². The second kappa shape index (κ2) is 5.85. The van der Waals surface area contributed by atoms with E-state index in [-0.39, 0.29) is 11.7 Å². The van der Waals surface area contributed by atoms with Crippen LogP contribution < -0.4 is 0 Å². The number of carbonyl (C=O) groups is 1. The highest BCUT2D eigenvalue weighted by Gasteiger charge is 2.32. The van der Waals surface area contributed by atoms with Crippen LogP contribution in [-0.4, -0.2) is 51.5 Å². The fourth-order valence-corrected chi connectivity index (χ4v) is 3.82. The molecule has 134 valence electrons. The molecule has 6 nitrogen and oxygen atoms in total. The van der Waals surface area contributed by atoms with Crippen molar-refractivity contribution in [3.63, 3.8) is 0 Å². The normalized spacial score (nSPS) is 13.9. The van der Waals surface area contributed by atoms with Crippen molar-refractivity contribution in [2.45, 2.75) is 13.1 Å². The summed E-state index contributed by atoms with van der Waals surface area (Å²) in [5.41, 5.74) is 5.04. The topological polar surface area (TPSA) is 61.6 Å². The zero-order valence-corrected chi connectivity index (χ0v) is 15.4. The van der Waals surface area contributed by atoms with E-state index in [4.69, 9.17) is 0 Å². The monoisotopic (exact) mass is 350 g/mol. The third kappa shape index (κ3) is 2.29. The molecule has 1 aliphatic rings. The lowest BCUT2D eigenvalue weighted by molar-refractivity contribution is 0.0777. The summed E-state index contributed by atoms with van der Waals surface area (Å²) in [6.45, 7) is 1.05. The number of rotatable bonds is 3. The summed E-state index contributed by atoms with van der Waals surface area (Å²) < 4.78 is 2.07. The van der Waals surface area contributed by atoms with Gasteiger partial charge in [0.1, 0.15) is 5.75 Å². The standard InChI is InChI=1S/C20H22N4O2/c1-22(2)11-16-18-17-14(10-23(3)20(18)26)19(25)13(8-15(17)24(16)4)12-6-5-7-21-9-12/h5-9,25H,10-11H2,1-4H3. The number of nitrogens with zero attached hydrogens (tertiary/aromatic N) is 4. The second-order valence-electron chi connectivity index (χ2n) is 7.17. The zero-order chi connectivity index (χ0) is 18.6. The maximum Gasteiger partial charge on any atom is 0.256 e. The first kappa shape index (κ1) is 16.6. The van der Waals surface area contributed by atoms with Gasteiger partial charge in [-0.15, -0.1) is 0 Å². The lowest BCUT2D eigenvalue weighted by Gasteiger charge is -2.25. The molecule has 3 heterocycles. The van der Waals surface area contributed by atoms with Crippen molar-refractivity contribution in [1.29, 1.82) is 0 Å².